The van der Waals surface area contributed by atoms with Gasteiger partial charge in [0.15, 0.2) is 0 Å². The van der Waals surface area contributed by atoms with E-state index in [0.29, 0.717) is 22.2 Å². The number of hydrogen-bond acceptors (Lipinski definition) is 3. The fraction of sp³-hybridized carbons (Fsp3) is 0.500. The summed E-state index contributed by atoms with van der Waals surface area (Å²) >= 11 is 6.12. The number of carbonyl (C=O) groups is 1. The first-order valence-electron chi connectivity index (χ1n) is 7.86. The van der Waals surface area contributed by atoms with E-state index in [0.717, 1.165) is 19.5 Å². The van der Waals surface area contributed by atoms with E-state index in [-0.39, 0.29) is 11.9 Å². The van der Waals surface area contributed by atoms with Crippen LogP contribution in [0.3, 0.4) is 0 Å². The zero-order valence-electron chi connectivity index (χ0n) is 12.3. The number of aromatic nitrogens is 2. The maximum Gasteiger partial charge on any atom is 0.255 e. The third kappa shape index (κ3) is 2.48. The summed E-state index contributed by atoms with van der Waals surface area (Å²) in [5.74, 6) is 0.504. The molecule has 3 unspecified atom stereocenters. The SMILES string of the molecule is O=C(NC1CCN2CCCC1C2)c1cc(Cl)cn2ccnc12. The second-order valence-corrected chi connectivity index (χ2v) is 6.74. The van der Waals surface area contributed by atoms with Gasteiger partial charge in [0.1, 0.15) is 5.65 Å². The molecule has 4 heterocycles. The third-order valence-corrected chi connectivity index (χ3v) is 5.09. The van der Waals surface area contributed by atoms with E-state index < -0.39 is 0 Å². The van der Waals surface area contributed by atoms with Crippen LogP contribution in [0.25, 0.3) is 5.65 Å². The third-order valence-electron chi connectivity index (χ3n) is 4.88. The molecule has 2 aliphatic rings. The van der Waals surface area contributed by atoms with Crippen molar-refractivity contribution in [3.8, 4) is 0 Å². The van der Waals surface area contributed by atoms with Gasteiger partial charge in [0.25, 0.3) is 5.91 Å². The molecule has 0 aliphatic carbocycles. The number of carbonyl (C=O) groups excluding carboxylic acids is 1. The average Bonchev–Trinajstić information content (AvgIpc) is 2.97. The van der Waals surface area contributed by atoms with Gasteiger partial charge in [-0.3, -0.25) is 4.79 Å². The highest BCUT2D eigenvalue weighted by molar-refractivity contribution is 6.31. The van der Waals surface area contributed by atoms with Gasteiger partial charge in [-0.2, -0.15) is 0 Å². The van der Waals surface area contributed by atoms with Gasteiger partial charge in [0.2, 0.25) is 0 Å². The second kappa shape index (κ2) is 5.56. The lowest BCUT2D eigenvalue weighted by molar-refractivity contribution is 0.0740. The van der Waals surface area contributed by atoms with Gasteiger partial charge in [-0.05, 0) is 37.8 Å². The summed E-state index contributed by atoms with van der Waals surface area (Å²) in [7, 11) is 0. The smallest absolute Gasteiger partial charge is 0.255 e. The molecule has 2 saturated heterocycles. The zero-order valence-corrected chi connectivity index (χ0v) is 13.1. The number of nitrogens with one attached hydrogen (secondary N) is 1. The number of imidazole rings is 1. The minimum absolute atomic E-state index is 0.0669. The molecule has 0 spiro atoms. The van der Waals surface area contributed by atoms with Crippen molar-refractivity contribution in [3.63, 3.8) is 0 Å². The summed E-state index contributed by atoms with van der Waals surface area (Å²) in [6.07, 6.45) is 8.72. The zero-order chi connectivity index (χ0) is 15.1. The molecule has 4 rings (SSSR count). The van der Waals surface area contributed by atoms with E-state index in [2.05, 4.69) is 15.2 Å². The first-order valence-corrected chi connectivity index (χ1v) is 8.24. The highest BCUT2D eigenvalue weighted by Crippen LogP contribution is 2.27. The number of pyridine rings is 1. The van der Waals surface area contributed by atoms with Crippen LogP contribution in [0.4, 0.5) is 0 Å². The van der Waals surface area contributed by atoms with Crippen LogP contribution < -0.4 is 5.32 Å². The van der Waals surface area contributed by atoms with Crippen LogP contribution in [0.2, 0.25) is 5.02 Å². The Morgan fingerprint density at radius 1 is 1.36 bits per heavy atom. The molecule has 0 aromatic carbocycles. The predicted octanol–water partition coefficient (Wildman–Crippen LogP) is 2.20. The number of hydrogen-bond donors (Lipinski definition) is 1. The van der Waals surface area contributed by atoms with Gasteiger partial charge in [0.05, 0.1) is 10.6 Å². The number of halogens is 1. The number of rotatable bonds is 2. The van der Waals surface area contributed by atoms with Crippen molar-refractivity contribution in [1.29, 1.82) is 0 Å². The molecule has 0 radical (unpaired) electrons. The van der Waals surface area contributed by atoms with Crippen molar-refractivity contribution in [1.82, 2.24) is 19.6 Å². The molecule has 2 fully saturated rings. The Kier molecular flexibility index (Phi) is 3.54. The van der Waals surface area contributed by atoms with Crippen LogP contribution in [0.1, 0.15) is 29.6 Å². The molecular weight excluding hydrogens is 300 g/mol. The maximum atomic E-state index is 12.7. The lowest BCUT2D eigenvalue weighted by atomic mass is 9.85. The van der Waals surface area contributed by atoms with Crippen LogP contribution in [0.5, 0.6) is 0 Å². The summed E-state index contributed by atoms with van der Waals surface area (Å²) in [5.41, 5.74) is 1.21. The van der Waals surface area contributed by atoms with E-state index in [1.807, 2.05) is 0 Å². The fourth-order valence-electron chi connectivity index (χ4n) is 3.78. The molecule has 5 nitrogen and oxygen atoms in total. The Balaban J connectivity index is 1.57. The molecule has 1 amide bonds. The quantitative estimate of drug-likeness (QED) is 0.923. The van der Waals surface area contributed by atoms with E-state index >= 15 is 0 Å². The Labute approximate surface area is 134 Å². The van der Waals surface area contributed by atoms with E-state index in [4.69, 9.17) is 11.6 Å². The van der Waals surface area contributed by atoms with Gasteiger partial charge >= 0.3 is 0 Å². The molecule has 1 N–H and O–H groups in total. The van der Waals surface area contributed by atoms with Crippen molar-refractivity contribution in [2.24, 2.45) is 5.92 Å². The molecule has 2 bridgehead atoms. The molecule has 116 valence electrons. The minimum atomic E-state index is -0.0669. The number of fused-ring (bicyclic) bond motifs is 3. The summed E-state index contributed by atoms with van der Waals surface area (Å²) in [6, 6.07) is 1.97. The second-order valence-electron chi connectivity index (χ2n) is 6.30. The highest BCUT2D eigenvalue weighted by atomic mass is 35.5. The van der Waals surface area contributed by atoms with Gasteiger partial charge in [-0.15, -0.1) is 0 Å². The minimum Gasteiger partial charge on any atom is -0.349 e. The normalized spacial score (nSPS) is 27.8. The van der Waals surface area contributed by atoms with Crippen LogP contribution >= 0.6 is 11.6 Å². The molecule has 22 heavy (non-hydrogen) atoms. The Bertz CT molecular complexity index is 713. The van der Waals surface area contributed by atoms with Gasteiger partial charge in [-0.25, -0.2) is 4.98 Å². The standard InChI is InChI=1S/C16H19ClN4O/c17-12-8-13(15-18-4-7-21(15)10-12)16(22)19-14-3-6-20-5-1-2-11(14)9-20/h4,7-8,10-11,14H,1-3,5-6,9H2,(H,19,22). The topological polar surface area (TPSA) is 49.6 Å². The summed E-state index contributed by atoms with van der Waals surface area (Å²) in [6.45, 7) is 3.40. The fourth-order valence-corrected chi connectivity index (χ4v) is 4.00. The van der Waals surface area contributed by atoms with Gasteiger partial charge in [-0.1, -0.05) is 11.6 Å². The van der Waals surface area contributed by atoms with E-state index in [1.165, 1.54) is 19.4 Å². The monoisotopic (exact) mass is 318 g/mol. The predicted molar refractivity (Wildman–Crippen MR) is 85.2 cm³/mol. The summed E-state index contributed by atoms with van der Waals surface area (Å²) in [5, 5.41) is 3.77. The van der Waals surface area contributed by atoms with Crippen LogP contribution in [-0.4, -0.2) is 45.9 Å². The molecule has 2 aliphatic heterocycles. The lowest BCUT2D eigenvalue weighted by Gasteiger charge is -2.42. The van der Waals surface area contributed by atoms with Crippen LogP contribution in [0.15, 0.2) is 24.7 Å². The Morgan fingerprint density at radius 3 is 3.18 bits per heavy atom. The van der Waals surface area contributed by atoms with Crippen molar-refractivity contribution in [3.05, 3.63) is 35.2 Å². The summed E-state index contributed by atoms with van der Waals surface area (Å²) < 4.78 is 1.79. The van der Waals surface area contributed by atoms with Crippen molar-refractivity contribution in [2.45, 2.75) is 25.3 Å². The number of nitrogens with zero attached hydrogens (tertiary/aromatic N) is 3. The maximum absolute atomic E-state index is 12.7. The molecule has 3 atom stereocenters. The number of piperidine rings is 2. The van der Waals surface area contributed by atoms with Gasteiger partial charge in [0, 0.05) is 37.7 Å². The van der Waals surface area contributed by atoms with Gasteiger partial charge < -0.3 is 14.6 Å². The first-order chi connectivity index (χ1) is 10.7. The molecule has 0 saturated carbocycles. The van der Waals surface area contributed by atoms with Crippen molar-refractivity contribution in [2.75, 3.05) is 19.6 Å². The van der Waals surface area contributed by atoms with E-state index in [9.17, 15) is 4.79 Å². The Morgan fingerprint density at radius 2 is 2.27 bits per heavy atom. The number of amides is 1. The molecular formula is C16H19ClN4O. The first kappa shape index (κ1) is 14.0. The average molecular weight is 319 g/mol. The Hall–Kier alpha value is -1.59. The van der Waals surface area contributed by atoms with E-state index in [1.54, 1.807) is 29.1 Å². The summed E-state index contributed by atoms with van der Waals surface area (Å²) in [4.78, 5) is 19.5. The molecule has 2 aromatic heterocycles. The van der Waals surface area contributed by atoms with Crippen LogP contribution in [-0.2, 0) is 0 Å². The molecule has 6 heteroatoms. The lowest BCUT2D eigenvalue weighted by Crippen LogP contribution is -2.53. The van der Waals surface area contributed by atoms with Crippen molar-refractivity contribution >= 4 is 23.2 Å². The largest absolute Gasteiger partial charge is 0.349 e. The molecule has 2 aromatic rings. The highest BCUT2D eigenvalue weighted by Gasteiger charge is 2.33. The van der Waals surface area contributed by atoms with Crippen LogP contribution in [0, 0.1) is 5.92 Å². The van der Waals surface area contributed by atoms with Crippen molar-refractivity contribution < 1.29 is 4.79 Å².